The van der Waals surface area contributed by atoms with Crippen LogP contribution in [-0.4, -0.2) is 15.7 Å². The summed E-state index contributed by atoms with van der Waals surface area (Å²) in [5.74, 6) is 0.332. The summed E-state index contributed by atoms with van der Waals surface area (Å²) in [6.07, 6.45) is 4.91. The second-order valence-corrected chi connectivity index (χ2v) is 5.68. The summed E-state index contributed by atoms with van der Waals surface area (Å²) < 4.78 is 15.4. The van der Waals surface area contributed by atoms with Crippen LogP contribution in [0.15, 0.2) is 36.5 Å². The maximum atomic E-state index is 13.3. The van der Waals surface area contributed by atoms with E-state index < -0.39 is 0 Å². The molecule has 0 aliphatic carbocycles. The lowest BCUT2D eigenvalue weighted by molar-refractivity contribution is 0.424. The predicted molar refractivity (Wildman–Crippen MR) is 85.4 cm³/mol. The molecular weight excluding hydrogens is 287 g/mol. The van der Waals surface area contributed by atoms with Gasteiger partial charge in [-0.1, -0.05) is 26.0 Å². The summed E-state index contributed by atoms with van der Waals surface area (Å²) in [5, 5.41) is 4.65. The van der Waals surface area contributed by atoms with E-state index in [9.17, 15) is 4.39 Å². The number of hydrogen-bond donors (Lipinski definition) is 0. The standard InChI is InChI=1S/C17H22ClFN2/c1-3-17(4-2)21-9-8-16(20-21)11-14(12-18)13-6-5-7-15(19)10-13/h5-10,14,17H,3-4,11-12H2,1-2H3. The molecule has 1 aromatic carbocycles. The van der Waals surface area contributed by atoms with Gasteiger partial charge in [0.15, 0.2) is 0 Å². The molecule has 0 aliphatic heterocycles. The van der Waals surface area contributed by atoms with Crippen molar-refractivity contribution >= 4 is 11.6 Å². The second kappa shape index (κ2) is 7.60. The highest BCUT2D eigenvalue weighted by atomic mass is 35.5. The Kier molecular flexibility index (Phi) is 5.80. The van der Waals surface area contributed by atoms with Crippen molar-refractivity contribution in [1.82, 2.24) is 9.78 Å². The molecule has 0 aliphatic rings. The highest BCUT2D eigenvalue weighted by molar-refractivity contribution is 6.18. The van der Waals surface area contributed by atoms with E-state index in [2.05, 4.69) is 18.9 Å². The highest BCUT2D eigenvalue weighted by Crippen LogP contribution is 2.23. The normalized spacial score (nSPS) is 12.8. The Morgan fingerprint density at radius 3 is 2.62 bits per heavy atom. The molecule has 0 fully saturated rings. The molecule has 0 saturated carbocycles. The number of benzene rings is 1. The fraction of sp³-hybridized carbons (Fsp3) is 0.471. The molecule has 0 spiro atoms. The van der Waals surface area contributed by atoms with Crippen LogP contribution in [0.2, 0.25) is 0 Å². The minimum Gasteiger partial charge on any atom is -0.269 e. The van der Waals surface area contributed by atoms with Gasteiger partial charge in [0.2, 0.25) is 0 Å². The van der Waals surface area contributed by atoms with Gasteiger partial charge in [-0.05, 0) is 43.0 Å². The van der Waals surface area contributed by atoms with Crippen molar-refractivity contribution in [3.63, 3.8) is 0 Å². The molecule has 0 amide bonds. The van der Waals surface area contributed by atoms with Crippen molar-refractivity contribution in [2.24, 2.45) is 0 Å². The molecule has 0 bridgehead atoms. The summed E-state index contributed by atoms with van der Waals surface area (Å²) in [7, 11) is 0. The molecule has 114 valence electrons. The molecule has 4 heteroatoms. The first-order chi connectivity index (χ1) is 10.2. The Hall–Kier alpha value is -1.35. The number of halogens is 2. The van der Waals surface area contributed by atoms with Crippen molar-refractivity contribution in [2.45, 2.75) is 45.1 Å². The zero-order valence-corrected chi connectivity index (χ0v) is 13.4. The monoisotopic (exact) mass is 308 g/mol. The molecule has 2 rings (SSSR count). The van der Waals surface area contributed by atoms with Crippen LogP contribution in [0.25, 0.3) is 0 Å². The molecule has 21 heavy (non-hydrogen) atoms. The fourth-order valence-electron chi connectivity index (χ4n) is 2.63. The smallest absolute Gasteiger partial charge is 0.123 e. The van der Waals surface area contributed by atoms with Gasteiger partial charge in [0, 0.05) is 18.0 Å². The first-order valence-corrected chi connectivity index (χ1v) is 8.06. The molecule has 0 saturated heterocycles. The van der Waals surface area contributed by atoms with Crippen LogP contribution in [-0.2, 0) is 6.42 Å². The average molecular weight is 309 g/mol. The van der Waals surface area contributed by atoms with Crippen molar-refractivity contribution in [2.75, 3.05) is 5.88 Å². The SMILES string of the molecule is CCC(CC)n1ccc(CC(CCl)c2cccc(F)c2)n1. The van der Waals surface area contributed by atoms with Crippen LogP contribution >= 0.6 is 11.6 Å². The molecule has 2 nitrogen and oxygen atoms in total. The summed E-state index contributed by atoms with van der Waals surface area (Å²) in [4.78, 5) is 0. The van der Waals surface area contributed by atoms with Gasteiger partial charge in [0.1, 0.15) is 5.82 Å². The van der Waals surface area contributed by atoms with Crippen molar-refractivity contribution in [1.29, 1.82) is 0 Å². The first kappa shape index (κ1) is 16.0. The Bertz CT molecular complexity index is 563. The van der Waals surface area contributed by atoms with E-state index in [1.165, 1.54) is 6.07 Å². The number of alkyl halides is 1. The molecule has 1 unspecified atom stereocenters. The van der Waals surface area contributed by atoms with E-state index in [4.69, 9.17) is 11.6 Å². The van der Waals surface area contributed by atoms with E-state index >= 15 is 0 Å². The van der Waals surface area contributed by atoms with Crippen molar-refractivity contribution in [3.05, 3.63) is 53.6 Å². The minimum atomic E-state index is -0.217. The number of rotatable bonds is 7. The van der Waals surface area contributed by atoms with Crippen LogP contribution in [0.4, 0.5) is 4.39 Å². The Morgan fingerprint density at radius 1 is 1.24 bits per heavy atom. The van der Waals surface area contributed by atoms with Crippen LogP contribution in [0.5, 0.6) is 0 Å². The van der Waals surface area contributed by atoms with Gasteiger partial charge in [-0.15, -0.1) is 11.6 Å². The summed E-state index contributed by atoms with van der Waals surface area (Å²) in [6.45, 7) is 4.34. The third-order valence-corrected chi connectivity index (χ3v) is 4.31. The van der Waals surface area contributed by atoms with E-state index in [1.807, 2.05) is 23.0 Å². The molecular formula is C17H22ClFN2. The lowest BCUT2D eigenvalue weighted by Crippen LogP contribution is -2.10. The van der Waals surface area contributed by atoms with E-state index in [1.54, 1.807) is 12.1 Å². The van der Waals surface area contributed by atoms with E-state index in [0.717, 1.165) is 30.5 Å². The third-order valence-electron chi connectivity index (χ3n) is 3.94. The van der Waals surface area contributed by atoms with E-state index in [-0.39, 0.29) is 11.7 Å². The maximum Gasteiger partial charge on any atom is 0.123 e. The zero-order chi connectivity index (χ0) is 15.2. The first-order valence-electron chi connectivity index (χ1n) is 7.53. The van der Waals surface area contributed by atoms with Crippen LogP contribution in [0, 0.1) is 5.82 Å². The van der Waals surface area contributed by atoms with Crippen LogP contribution < -0.4 is 0 Å². The maximum absolute atomic E-state index is 13.3. The lowest BCUT2D eigenvalue weighted by atomic mass is 9.96. The topological polar surface area (TPSA) is 17.8 Å². The van der Waals surface area contributed by atoms with Gasteiger partial charge in [0.05, 0.1) is 11.7 Å². The number of hydrogen-bond acceptors (Lipinski definition) is 1. The molecule has 0 N–H and O–H groups in total. The zero-order valence-electron chi connectivity index (χ0n) is 12.6. The Morgan fingerprint density at radius 2 is 2.00 bits per heavy atom. The largest absolute Gasteiger partial charge is 0.269 e. The van der Waals surface area contributed by atoms with Gasteiger partial charge in [0.25, 0.3) is 0 Å². The molecule has 1 aromatic heterocycles. The average Bonchev–Trinajstić information content (AvgIpc) is 2.94. The van der Waals surface area contributed by atoms with Gasteiger partial charge >= 0.3 is 0 Å². The van der Waals surface area contributed by atoms with Gasteiger partial charge in [-0.3, -0.25) is 4.68 Å². The lowest BCUT2D eigenvalue weighted by Gasteiger charge is -2.14. The fourth-order valence-corrected chi connectivity index (χ4v) is 2.91. The molecule has 1 heterocycles. The van der Waals surface area contributed by atoms with Crippen LogP contribution in [0.3, 0.4) is 0 Å². The van der Waals surface area contributed by atoms with E-state index in [0.29, 0.717) is 11.9 Å². The molecule has 2 aromatic rings. The van der Waals surface area contributed by atoms with Crippen LogP contribution in [0.1, 0.15) is 49.9 Å². The highest BCUT2D eigenvalue weighted by Gasteiger charge is 2.15. The van der Waals surface area contributed by atoms with Gasteiger partial charge in [-0.25, -0.2) is 4.39 Å². The Labute approximate surface area is 130 Å². The minimum absolute atomic E-state index is 0.0902. The van der Waals surface area contributed by atoms with Gasteiger partial charge in [-0.2, -0.15) is 5.10 Å². The quantitative estimate of drug-likeness (QED) is 0.662. The van der Waals surface area contributed by atoms with Crippen molar-refractivity contribution < 1.29 is 4.39 Å². The molecule has 1 atom stereocenters. The Balaban J connectivity index is 2.12. The summed E-state index contributed by atoms with van der Waals surface area (Å²) >= 11 is 6.07. The predicted octanol–water partition coefficient (Wildman–Crippen LogP) is 4.95. The van der Waals surface area contributed by atoms with Gasteiger partial charge < -0.3 is 0 Å². The third kappa shape index (κ3) is 4.07. The summed E-state index contributed by atoms with van der Waals surface area (Å²) in [5.41, 5.74) is 1.94. The number of aromatic nitrogens is 2. The number of nitrogens with zero attached hydrogens (tertiary/aromatic N) is 2. The summed E-state index contributed by atoms with van der Waals surface area (Å²) in [6, 6.07) is 9.15. The second-order valence-electron chi connectivity index (χ2n) is 5.37. The molecule has 0 radical (unpaired) electrons. The van der Waals surface area contributed by atoms with Crippen molar-refractivity contribution in [3.8, 4) is 0 Å².